The summed E-state index contributed by atoms with van der Waals surface area (Å²) < 4.78 is 0. The number of nitrogens with one attached hydrogen (secondary N) is 1. The zero-order valence-corrected chi connectivity index (χ0v) is 9.41. The van der Waals surface area contributed by atoms with Gasteiger partial charge in [0.05, 0.1) is 6.61 Å². The highest BCUT2D eigenvalue weighted by atomic mass is 35.5. The lowest BCUT2D eigenvalue weighted by Crippen LogP contribution is -2.37. The number of aliphatic hydroxyl groups excluding tert-OH is 1. The van der Waals surface area contributed by atoms with Gasteiger partial charge in [-0.1, -0.05) is 11.6 Å². The highest BCUT2D eigenvalue weighted by Gasteiger charge is 2.18. The van der Waals surface area contributed by atoms with Crippen LogP contribution in [0.4, 0.5) is 5.82 Å². The van der Waals surface area contributed by atoms with Gasteiger partial charge in [0.25, 0.3) is 0 Å². The molecule has 0 saturated carbocycles. The minimum Gasteiger partial charge on any atom is -0.393 e. The predicted molar refractivity (Wildman–Crippen MR) is 58.0 cm³/mol. The van der Waals surface area contributed by atoms with Crippen LogP contribution in [-0.4, -0.2) is 38.9 Å². The Labute approximate surface area is 93.1 Å². The average molecular weight is 232 g/mol. The Morgan fingerprint density at radius 2 is 2.20 bits per heavy atom. The first-order valence-corrected chi connectivity index (χ1v) is 4.89. The zero-order chi connectivity index (χ0) is 11.5. The van der Waals surface area contributed by atoms with Crippen LogP contribution in [0.2, 0.25) is 5.15 Å². The number of anilines is 1. The molecule has 1 atom stereocenters. The van der Waals surface area contributed by atoms with E-state index in [9.17, 15) is 5.11 Å². The normalized spacial score (nSPS) is 14.7. The van der Waals surface area contributed by atoms with Crippen LogP contribution >= 0.6 is 11.6 Å². The van der Waals surface area contributed by atoms with E-state index in [0.29, 0.717) is 16.8 Å². The zero-order valence-electron chi connectivity index (χ0n) is 8.66. The van der Waals surface area contributed by atoms with Gasteiger partial charge in [0.15, 0.2) is 0 Å². The molecule has 0 aromatic carbocycles. The minimum atomic E-state index is -1.18. The average Bonchev–Trinajstić information content (AvgIpc) is 2.14. The van der Waals surface area contributed by atoms with Gasteiger partial charge in [0.2, 0.25) is 0 Å². The molecule has 0 aliphatic carbocycles. The van der Waals surface area contributed by atoms with Crippen molar-refractivity contribution in [2.24, 2.45) is 0 Å². The Bertz CT molecular complexity index is 324. The Balaban J connectivity index is 2.65. The molecule has 0 amide bonds. The molecule has 0 bridgehead atoms. The van der Waals surface area contributed by atoms with Crippen LogP contribution in [0, 0.1) is 6.92 Å². The molecule has 6 heteroatoms. The highest BCUT2D eigenvalue weighted by Crippen LogP contribution is 2.12. The lowest BCUT2D eigenvalue weighted by molar-refractivity contribution is 0.0131. The van der Waals surface area contributed by atoms with Crippen molar-refractivity contribution in [3.8, 4) is 0 Å². The van der Waals surface area contributed by atoms with E-state index in [2.05, 4.69) is 15.3 Å². The van der Waals surface area contributed by atoms with Gasteiger partial charge < -0.3 is 15.5 Å². The van der Waals surface area contributed by atoms with E-state index in [1.165, 1.54) is 6.92 Å². The second kappa shape index (κ2) is 4.74. The SMILES string of the molecule is Cc1nc(Cl)cc(NCC(C)(O)CO)n1. The molecule has 1 unspecified atom stereocenters. The summed E-state index contributed by atoms with van der Waals surface area (Å²) in [4.78, 5) is 7.97. The molecule has 1 rings (SSSR count). The molecule has 0 radical (unpaired) electrons. The van der Waals surface area contributed by atoms with Gasteiger partial charge in [-0.25, -0.2) is 9.97 Å². The van der Waals surface area contributed by atoms with Crippen molar-refractivity contribution >= 4 is 17.4 Å². The summed E-state index contributed by atoms with van der Waals surface area (Å²) in [7, 11) is 0. The summed E-state index contributed by atoms with van der Waals surface area (Å²) in [6, 6.07) is 1.56. The summed E-state index contributed by atoms with van der Waals surface area (Å²) in [6.45, 7) is 3.12. The lowest BCUT2D eigenvalue weighted by atomic mass is 10.1. The van der Waals surface area contributed by atoms with E-state index in [-0.39, 0.29) is 13.2 Å². The molecular formula is C9H14ClN3O2. The van der Waals surface area contributed by atoms with Gasteiger partial charge in [0.1, 0.15) is 22.4 Å². The van der Waals surface area contributed by atoms with E-state index < -0.39 is 5.60 Å². The molecule has 0 spiro atoms. The maximum atomic E-state index is 9.53. The first-order valence-electron chi connectivity index (χ1n) is 4.51. The van der Waals surface area contributed by atoms with Crippen molar-refractivity contribution in [1.82, 2.24) is 9.97 Å². The van der Waals surface area contributed by atoms with Crippen molar-refractivity contribution in [2.75, 3.05) is 18.5 Å². The monoisotopic (exact) mass is 231 g/mol. The number of nitrogens with zero attached hydrogens (tertiary/aromatic N) is 2. The third-order valence-corrected chi connectivity index (χ3v) is 1.99. The van der Waals surface area contributed by atoms with E-state index in [1.54, 1.807) is 13.0 Å². The molecule has 15 heavy (non-hydrogen) atoms. The number of hydrogen-bond acceptors (Lipinski definition) is 5. The first kappa shape index (κ1) is 12.2. The van der Waals surface area contributed by atoms with Gasteiger partial charge >= 0.3 is 0 Å². The summed E-state index contributed by atoms with van der Waals surface area (Å²) in [5.41, 5.74) is -1.18. The van der Waals surface area contributed by atoms with E-state index in [1.807, 2.05) is 0 Å². The topological polar surface area (TPSA) is 78.3 Å². The third-order valence-electron chi connectivity index (χ3n) is 1.80. The van der Waals surface area contributed by atoms with Crippen LogP contribution in [0.3, 0.4) is 0 Å². The van der Waals surface area contributed by atoms with Crippen LogP contribution < -0.4 is 5.32 Å². The van der Waals surface area contributed by atoms with Gasteiger partial charge in [-0.15, -0.1) is 0 Å². The molecule has 1 heterocycles. The quantitative estimate of drug-likeness (QED) is 0.662. The van der Waals surface area contributed by atoms with Gasteiger partial charge in [-0.2, -0.15) is 0 Å². The maximum Gasteiger partial charge on any atom is 0.134 e. The van der Waals surface area contributed by atoms with Crippen molar-refractivity contribution in [2.45, 2.75) is 19.4 Å². The van der Waals surface area contributed by atoms with Crippen LogP contribution in [0.5, 0.6) is 0 Å². The van der Waals surface area contributed by atoms with E-state index in [0.717, 1.165) is 0 Å². The second-order valence-corrected chi connectivity index (χ2v) is 4.02. The van der Waals surface area contributed by atoms with Crippen molar-refractivity contribution < 1.29 is 10.2 Å². The summed E-state index contributed by atoms with van der Waals surface area (Å²) in [5, 5.41) is 21.6. The highest BCUT2D eigenvalue weighted by molar-refractivity contribution is 6.29. The van der Waals surface area contributed by atoms with E-state index >= 15 is 0 Å². The van der Waals surface area contributed by atoms with Crippen LogP contribution in [0.25, 0.3) is 0 Å². The van der Waals surface area contributed by atoms with Gasteiger partial charge in [0, 0.05) is 12.6 Å². The van der Waals surface area contributed by atoms with Gasteiger partial charge in [-0.05, 0) is 13.8 Å². The standard InChI is InChI=1S/C9H14ClN3O2/c1-6-12-7(10)3-8(13-6)11-4-9(2,15)5-14/h3,14-15H,4-5H2,1-2H3,(H,11,12,13). The van der Waals surface area contributed by atoms with E-state index in [4.69, 9.17) is 16.7 Å². The molecule has 0 fully saturated rings. The fourth-order valence-electron chi connectivity index (χ4n) is 0.959. The Morgan fingerprint density at radius 1 is 1.53 bits per heavy atom. The summed E-state index contributed by atoms with van der Waals surface area (Å²) in [5.74, 6) is 1.08. The molecule has 1 aromatic heterocycles. The first-order chi connectivity index (χ1) is 6.93. The predicted octanol–water partition coefficient (Wildman–Crippen LogP) is 0.594. The van der Waals surface area contributed by atoms with Crippen molar-refractivity contribution in [3.63, 3.8) is 0 Å². The number of aromatic nitrogens is 2. The Hall–Kier alpha value is -0.910. The smallest absolute Gasteiger partial charge is 0.134 e. The van der Waals surface area contributed by atoms with Crippen molar-refractivity contribution in [1.29, 1.82) is 0 Å². The van der Waals surface area contributed by atoms with Gasteiger partial charge in [-0.3, -0.25) is 0 Å². The summed E-state index contributed by atoms with van der Waals surface area (Å²) >= 11 is 5.73. The lowest BCUT2D eigenvalue weighted by Gasteiger charge is -2.20. The third kappa shape index (κ3) is 3.99. The van der Waals surface area contributed by atoms with Crippen molar-refractivity contribution in [3.05, 3.63) is 17.0 Å². The number of hydrogen-bond donors (Lipinski definition) is 3. The molecule has 1 aromatic rings. The second-order valence-electron chi connectivity index (χ2n) is 3.63. The minimum absolute atomic E-state index is 0.191. The molecule has 0 aliphatic heterocycles. The number of halogens is 1. The maximum absolute atomic E-state index is 9.53. The molecular weight excluding hydrogens is 218 g/mol. The summed E-state index contributed by atoms with van der Waals surface area (Å²) in [6.07, 6.45) is 0. The van der Waals surface area contributed by atoms with Crippen LogP contribution in [-0.2, 0) is 0 Å². The molecule has 0 saturated heterocycles. The number of rotatable bonds is 4. The number of aliphatic hydroxyl groups is 2. The molecule has 5 nitrogen and oxygen atoms in total. The molecule has 3 N–H and O–H groups in total. The largest absolute Gasteiger partial charge is 0.393 e. The van der Waals surface area contributed by atoms with Crippen LogP contribution in [0.1, 0.15) is 12.7 Å². The number of aryl methyl sites for hydroxylation is 1. The fraction of sp³-hybridized carbons (Fsp3) is 0.556. The Kier molecular flexibility index (Phi) is 3.84. The molecule has 0 aliphatic rings. The van der Waals surface area contributed by atoms with Crippen LogP contribution in [0.15, 0.2) is 6.07 Å². The fourth-order valence-corrected chi connectivity index (χ4v) is 1.18. The molecule has 84 valence electrons. The Morgan fingerprint density at radius 3 is 2.73 bits per heavy atom.